The van der Waals surface area contributed by atoms with Crippen molar-refractivity contribution in [3.05, 3.63) is 59.7 Å². The Hall–Kier alpha value is -3.40. The third kappa shape index (κ3) is 5.06. The molecule has 2 amide bonds. The lowest BCUT2D eigenvalue weighted by molar-refractivity contribution is -0.140. The fourth-order valence-corrected chi connectivity index (χ4v) is 6.78. The van der Waals surface area contributed by atoms with Gasteiger partial charge in [-0.2, -0.15) is 0 Å². The molecule has 3 N–H and O–H groups in total. The summed E-state index contributed by atoms with van der Waals surface area (Å²) in [6, 6.07) is 13.6. The molecule has 0 saturated carbocycles. The molecule has 9 nitrogen and oxygen atoms in total. The van der Waals surface area contributed by atoms with E-state index in [4.69, 9.17) is 4.74 Å². The largest absolute Gasteiger partial charge is 0.481 e. The molecule has 1 fully saturated rings. The van der Waals surface area contributed by atoms with Crippen molar-refractivity contribution < 1.29 is 32.6 Å². The fraction of sp³-hybridized carbons (Fsp3) is 0.375. The van der Waals surface area contributed by atoms with Crippen molar-refractivity contribution in [1.82, 2.24) is 10.6 Å². The number of fused-ring (bicyclic) bond motifs is 3. The molecule has 3 atom stereocenters. The molecule has 3 unspecified atom stereocenters. The summed E-state index contributed by atoms with van der Waals surface area (Å²) in [6.07, 6.45) is -1.58. The number of amides is 2. The number of carbonyl (C=O) groups is 3. The molecule has 1 heterocycles. The summed E-state index contributed by atoms with van der Waals surface area (Å²) in [7, 11) is -3.27. The summed E-state index contributed by atoms with van der Waals surface area (Å²) in [4.78, 5) is 36.5. The quantitative estimate of drug-likeness (QED) is 0.543. The average Bonchev–Trinajstić information content (AvgIpc) is 3.23. The van der Waals surface area contributed by atoms with Crippen LogP contribution in [0.3, 0.4) is 0 Å². The lowest BCUT2D eigenvalue weighted by atomic mass is 9.98. The number of ether oxygens (including phenoxy) is 1. The number of hydrogen-bond donors (Lipinski definition) is 3. The van der Waals surface area contributed by atoms with E-state index in [0.29, 0.717) is 0 Å². The number of carboxylic acids is 1. The molecule has 34 heavy (non-hydrogen) atoms. The van der Waals surface area contributed by atoms with Crippen LogP contribution in [0.1, 0.15) is 30.4 Å². The average molecular weight is 487 g/mol. The third-order valence-electron chi connectivity index (χ3n) is 6.30. The van der Waals surface area contributed by atoms with Gasteiger partial charge in [-0.05, 0) is 28.2 Å². The normalized spacial score (nSPS) is 21.2. The first kappa shape index (κ1) is 23.7. The molecule has 180 valence electrons. The summed E-state index contributed by atoms with van der Waals surface area (Å²) >= 11 is 0. The lowest BCUT2D eigenvalue weighted by Crippen LogP contribution is -2.52. The van der Waals surface area contributed by atoms with E-state index < -0.39 is 46.3 Å². The highest BCUT2D eigenvalue weighted by Crippen LogP contribution is 2.44. The number of rotatable bonds is 7. The van der Waals surface area contributed by atoms with Crippen LogP contribution in [0.25, 0.3) is 11.1 Å². The molecule has 2 aromatic rings. The first-order valence-electron chi connectivity index (χ1n) is 11.0. The van der Waals surface area contributed by atoms with Crippen molar-refractivity contribution in [2.45, 2.75) is 31.3 Å². The Labute approximate surface area is 197 Å². The van der Waals surface area contributed by atoms with E-state index in [2.05, 4.69) is 10.6 Å². The minimum atomic E-state index is -3.27. The van der Waals surface area contributed by atoms with E-state index in [1.54, 1.807) is 6.92 Å². The molecule has 2 aromatic carbocycles. The second-order valence-electron chi connectivity index (χ2n) is 8.79. The van der Waals surface area contributed by atoms with Gasteiger partial charge in [0.25, 0.3) is 0 Å². The number of nitrogens with one attached hydrogen (secondary N) is 2. The van der Waals surface area contributed by atoms with E-state index in [1.165, 1.54) is 0 Å². The molecular formula is C24H26N2O7S. The molecule has 0 radical (unpaired) electrons. The predicted octanol–water partition coefficient (Wildman–Crippen LogP) is 1.92. The first-order chi connectivity index (χ1) is 16.1. The number of aliphatic carboxylic acids is 1. The molecule has 0 aromatic heterocycles. The Balaban J connectivity index is 1.41. The highest BCUT2D eigenvalue weighted by Gasteiger charge is 2.37. The van der Waals surface area contributed by atoms with Gasteiger partial charge in [0.1, 0.15) is 12.6 Å². The van der Waals surface area contributed by atoms with Gasteiger partial charge in [0.15, 0.2) is 9.84 Å². The van der Waals surface area contributed by atoms with Crippen LogP contribution in [0.2, 0.25) is 0 Å². The molecule has 4 rings (SSSR count). The highest BCUT2D eigenvalue weighted by molar-refractivity contribution is 7.91. The van der Waals surface area contributed by atoms with E-state index in [9.17, 15) is 27.9 Å². The number of alkyl carbamates (subject to hydrolysis) is 1. The van der Waals surface area contributed by atoms with E-state index >= 15 is 0 Å². The zero-order chi connectivity index (χ0) is 24.5. The molecule has 0 bridgehead atoms. The summed E-state index contributed by atoms with van der Waals surface area (Å²) in [5.41, 5.74) is 4.17. The summed E-state index contributed by atoms with van der Waals surface area (Å²) < 4.78 is 29.0. The Kier molecular flexibility index (Phi) is 6.60. The minimum absolute atomic E-state index is 0.0131. The molecule has 2 aliphatic rings. The summed E-state index contributed by atoms with van der Waals surface area (Å²) in [5.74, 6) is -2.81. The van der Waals surface area contributed by atoms with Crippen molar-refractivity contribution in [2.75, 3.05) is 18.1 Å². The number of benzene rings is 2. The van der Waals surface area contributed by atoms with E-state index in [1.807, 2.05) is 48.5 Å². The van der Waals surface area contributed by atoms with E-state index in [-0.39, 0.29) is 29.9 Å². The second-order valence-corrected chi connectivity index (χ2v) is 10.9. The maximum Gasteiger partial charge on any atom is 0.407 e. The zero-order valence-corrected chi connectivity index (χ0v) is 19.4. The third-order valence-corrected chi connectivity index (χ3v) is 8.20. The fourth-order valence-electron chi connectivity index (χ4n) is 4.66. The zero-order valence-electron chi connectivity index (χ0n) is 18.6. The lowest BCUT2D eigenvalue weighted by Gasteiger charge is -2.22. The Morgan fingerprint density at radius 2 is 1.62 bits per heavy atom. The molecule has 1 aliphatic heterocycles. The van der Waals surface area contributed by atoms with Gasteiger partial charge in [0.05, 0.1) is 17.9 Å². The Morgan fingerprint density at radius 1 is 1.03 bits per heavy atom. The molecule has 1 saturated heterocycles. The van der Waals surface area contributed by atoms with Gasteiger partial charge >= 0.3 is 12.1 Å². The van der Waals surface area contributed by atoms with Crippen molar-refractivity contribution in [3.63, 3.8) is 0 Å². The van der Waals surface area contributed by atoms with Crippen molar-refractivity contribution in [1.29, 1.82) is 0 Å². The molecule has 0 spiro atoms. The number of hydrogen-bond acceptors (Lipinski definition) is 6. The standard InChI is InChI=1S/C24H26N2O7S/c1-14-12-34(31,32)13-21(14)25-23(29)20(10-22(27)28)26-24(30)33-11-19-17-8-4-2-6-15(17)16-7-3-5-9-18(16)19/h2-9,14,19-21H,10-13H2,1H3,(H,25,29)(H,26,30)(H,27,28). The number of carboxylic acid groups (broad SMARTS) is 1. The highest BCUT2D eigenvalue weighted by atomic mass is 32.2. The van der Waals surface area contributed by atoms with Crippen LogP contribution in [0.15, 0.2) is 48.5 Å². The topological polar surface area (TPSA) is 139 Å². The van der Waals surface area contributed by atoms with Crippen LogP contribution in [-0.2, 0) is 24.2 Å². The van der Waals surface area contributed by atoms with Crippen LogP contribution >= 0.6 is 0 Å². The van der Waals surface area contributed by atoms with Crippen LogP contribution in [0.5, 0.6) is 0 Å². The first-order valence-corrected chi connectivity index (χ1v) is 12.8. The Morgan fingerprint density at radius 3 is 2.15 bits per heavy atom. The number of sulfone groups is 1. The van der Waals surface area contributed by atoms with Gasteiger partial charge in [-0.15, -0.1) is 0 Å². The van der Waals surface area contributed by atoms with Gasteiger partial charge in [-0.25, -0.2) is 13.2 Å². The van der Waals surface area contributed by atoms with Crippen molar-refractivity contribution in [2.24, 2.45) is 5.92 Å². The minimum Gasteiger partial charge on any atom is -0.481 e. The van der Waals surface area contributed by atoms with Gasteiger partial charge in [-0.1, -0.05) is 55.5 Å². The van der Waals surface area contributed by atoms with Crippen molar-refractivity contribution >= 4 is 27.8 Å². The smallest absolute Gasteiger partial charge is 0.407 e. The van der Waals surface area contributed by atoms with Gasteiger partial charge in [-0.3, -0.25) is 9.59 Å². The SMILES string of the molecule is CC1CS(=O)(=O)CC1NC(=O)C(CC(=O)O)NC(=O)OCC1c2ccccc2-c2ccccc21. The molecule has 1 aliphatic carbocycles. The Bertz CT molecular complexity index is 1180. The molecular weight excluding hydrogens is 460 g/mol. The van der Waals surface area contributed by atoms with Crippen LogP contribution in [0, 0.1) is 5.92 Å². The summed E-state index contributed by atoms with van der Waals surface area (Å²) in [6.45, 7) is 1.71. The van der Waals surface area contributed by atoms with Crippen molar-refractivity contribution in [3.8, 4) is 11.1 Å². The second kappa shape index (κ2) is 9.46. The van der Waals surface area contributed by atoms with Gasteiger partial charge in [0.2, 0.25) is 5.91 Å². The van der Waals surface area contributed by atoms with Gasteiger partial charge < -0.3 is 20.5 Å². The monoisotopic (exact) mass is 486 g/mol. The maximum absolute atomic E-state index is 12.7. The van der Waals surface area contributed by atoms with Crippen LogP contribution < -0.4 is 10.6 Å². The van der Waals surface area contributed by atoms with Crippen LogP contribution in [-0.4, -0.2) is 61.7 Å². The summed E-state index contributed by atoms with van der Waals surface area (Å²) in [5, 5.41) is 14.1. The van der Waals surface area contributed by atoms with Gasteiger partial charge in [0, 0.05) is 12.0 Å². The maximum atomic E-state index is 12.7. The molecule has 10 heteroatoms. The van der Waals surface area contributed by atoms with E-state index in [0.717, 1.165) is 22.3 Å². The predicted molar refractivity (Wildman–Crippen MR) is 124 cm³/mol. The van der Waals surface area contributed by atoms with Crippen LogP contribution in [0.4, 0.5) is 4.79 Å². The number of carbonyl (C=O) groups excluding carboxylic acids is 2.